The van der Waals surface area contributed by atoms with Gasteiger partial charge in [-0.1, -0.05) is 60.3 Å². The van der Waals surface area contributed by atoms with Gasteiger partial charge in [-0.3, -0.25) is 4.98 Å². The number of rotatable bonds is 1. The van der Waals surface area contributed by atoms with E-state index in [1.165, 1.54) is 17.3 Å². The number of fused-ring (bicyclic) bond motifs is 3. The van der Waals surface area contributed by atoms with Gasteiger partial charge < -0.3 is 5.11 Å². The van der Waals surface area contributed by atoms with E-state index in [4.69, 9.17) is 0 Å². The summed E-state index contributed by atoms with van der Waals surface area (Å²) in [6.07, 6.45) is 1.80. The molecule has 0 bridgehead atoms. The normalized spacial score (nSPS) is 16.1. The van der Waals surface area contributed by atoms with Crippen molar-refractivity contribution in [2.24, 2.45) is 0 Å². The van der Waals surface area contributed by atoms with E-state index in [1.807, 2.05) is 30.3 Å². The molecule has 1 atom stereocenters. The summed E-state index contributed by atoms with van der Waals surface area (Å²) in [5, 5.41) is 10.3. The first-order valence-corrected chi connectivity index (χ1v) is 7.70. The Labute approximate surface area is 127 Å². The van der Waals surface area contributed by atoms with Gasteiger partial charge in [0.25, 0.3) is 0 Å². The van der Waals surface area contributed by atoms with Gasteiger partial charge in [0.2, 0.25) is 0 Å². The number of pyridine rings is 1. The number of aliphatic hydroxyl groups excluding tert-OH is 1. The molecule has 2 aromatic carbocycles. The van der Waals surface area contributed by atoms with Crippen LogP contribution in [0, 0.1) is 0 Å². The molecule has 1 N–H and O–H groups in total. The summed E-state index contributed by atoms with van der Waals surface area (Å²) in [5.41, 5.74) is 4.60. The number of hydrogen-bond donors (Lipinski definition) is 1. The van der Waals surface area contributed by atoms with E-state index in [0.29, 0.717) is 0 Å². The van der Waals surface area contributed by atoms with Crippen LogP contribution in [0.15, 0.2) is 71.8 Å². The van der Waals surface area contributed by atoms with Crippen molar-refractivity contribution >= 4 is 11.8 Å². The molecule has 1 aromatic heterocycles. The lowest BCUT2D eigenvalue weighted by Gasteiger charge is -2.23. The second kappa shape index (κ2) is 5.02. The van der Waals surface area contributed by atoms with Gasteiger partial charge in [-0.05, 0) is 23.3 Å². The average molecular weight is 291 g/mol. The summed E-state index contributed by atoms with van der Waals surface area (Å²) in [6.45, 7) is 0. The molecule has 1 aliphatic heterocycles. The number of hydrogen-bond acceptors (Lipinski definition) is 3. The lowest BCUT2D eigenvalue weighted by Crippen LogP contribution is -2.03. The smallest absolute Gasteiger partial charge is 0.131 e. The number of aromatic nitrogens is 1. The largest absolute Gasteiger partial charge is 0.378 e. The van der Waals surface area contributed by atoms with Crippen LogP contribution < -0.4 is 0 Å². The van der Waals surface area contributed by atoms with Crippen molar-refractivity contribution < 1.29 is 5.11 Å². The fourth-order valence-electron chi connectivity index (χ4n) is 2.64. The molecule has 2 heterocycles. The lowest BCUT2D eigenvalue weighted by molar-refractivity contribution is 0.269. The second-order valence-corrected chi connectivity index (χ2v) is 6.11. The molecular weight excluding hydrogens is 278 g/mol. The minimum Gasteiger partial charge on any atom is -0.378 e. The molecule has 1 unspecified atom stereocenters. The van der Waals surface area contributed by atoms with E-state index in [9.17, 15) is 5.11 Å². The summed E-state index contributed by atoms with van der Waals surface area (Å²) in [6, 6.07) is 20.4. The SMILES string of the molecule is OC1Sc2ccccc2-c2cc(-c3ccccc3)ncc21. The van der Waals surface area contributed by atoms with Gasteiger partial charge in [-0.25, -0.2) is 0 Å². The van der Waals surface area contributed by atoms with Crippen LogP contribution in [-0.2, 0) is 0 Å². The van der Waals surface area contributed by atoms with Gasteiger partial charge in [0.05, 0.1) is 5.69 Å². The molecule has 0 saturated carbocycles. The minimum atomic E-state index is -0.549. The molecule has 0 fully saturated rings. The van der Waals surface area contributed by atoms with E-state index in [-0.39, 0.29) is 0 Å². The van der Waals surface area contributed by atoms with Gasteiger partial charge in [0.15, 0.2) is 0 Å². The van der Waals surface area contributed by atoms with Crippen molar-refractivity contribution in [3.63, 3.8) is 0 Å². The van der Waals surface area contributed by atoms with Crippen LogP contribution in [0.5, 0.6) is 0 Å². The van der Waals surface area contributed by atoms with Gasteiger partial charge >= 0.3 is 0 Å². The van der Waals surface area contributed by atoms with E-state index < -0.39 is 5.44 Å². The topological polar surface area (TPSA) is 33.1 Å². The molecule has 2 nitrogen and oxygen atoms in total. The highest BCUT2D eigenvalue weighted by atomic mass is 32.2. The molecule has 0 radical (unpaired) electrons. The molecule has 0 aliphatic carbocycles. The zero-order valence-corrected chi connectivity index (χ0v) is 12.0. The molecule has 0 spiro atoms. The predicted molar refractivity (Wildman–Crippen MR) is 85.9 cm³/mol. The molecule has 0 saturated heterocycles. The lowest BCUT2D eigenvalue weighted by atomic mass is 9.98. The van der Waals surface area contributed by atoms with Gasteiger partial charge in [-0.2, -0.15) is 0 Å². The minimum absolute atomic E-state index is 0.549. The average Bonchev–Trinajstić information content (AvgIpc) is 2.55. The van der Waals surface area contributed by atoms with E-state index in [1.54, 1.807) is 6.20 Å². The Morgan fingerprint density at radius 3 is 2.52 bits per heavy atom. The van der Waals surface area contributed by atoms with Crippen LogP contribution in [0.2, 0.25) is 0 Å². The summed E-state index contributed by atoms with van der Waals surface area (Å²) in [5.74, 6) is 0. The molecule has 0 amide bonds. The zero-order valence-electron chi connectivity index (χ0n) is 11.2. The van der Waals surface area contributed by atoms with Crippen molar-refractivity contribution in [1.82, 2.24) is 4.98 Å². The first kappa shape index (κ1) is 12.6. The van der Waals surface area contributed by atoms with Crippen LogP contribution in [0.1, 0.15) is 11.0 Å². The van der Waals surface area contributed by atoms with Gasteiger partial charge in [-0.15, -0.1) is 0 Å². The number of thioether (sulfide) groups is 1. The summed E-state index contributed by atoms with van der Waals surface area (Å²) in [4.78, 5) is 5.63. The molecule has 21 heavy (non-hydrogen) atoms. The standard InChI is InChI=1S/C18H13NOS/c20-18-15-11-19-16(12-6-2-1-3-7-12)10-14(15)13-8-4-5-9-17(13)21-18/h1-11,18,20H. The third-order valence-corrected chi connectivity index (χ3v) is 4.77. The predicted octanol–water partition coefficient (Wildman–Crippen LogP) is 4.51. The Kier molecular flexibility index (Phi) is 3.02. The van der Waals surface area contributed by atoms with Crippen LogP contribution in [0.25, 0.3) is 22.4 Å². The van der Waals surface area contributed by atoms with Crippen molar-refractivity contribution in [3.8, 4) is 22.4 Å². The van der Waals surface area contributed by atoms with Crippen LogP contribution >= 0.6 is 11.8 Å². The molecule has 102 valence electrons. The quantitative estimate of drug-likeness (QED) is 0.716. The third kappa shape index (κ3) is 2.15. The summed E-state index contributed by atoms with van der Waals surface area (Å²) >= 11 is 1.47. The monoisotopic (exact) mass is 291 g/mol. The van der Waals surface area contributed by atoms with E-state index in [0.717, 1.165) is 27.3 Å². The summed E-state index contributed by atoms with van der Waals surface area (Å²) < 4.78 is 0. The van der Waals surface area contributed by atoms with Crippen molar-refractivity contribution in [3.05, 3.63) is 72.4 Å². The maximum Gasteiger partial charge on any atom is 0.131 e. The van der Waals surface area contributed by atoms with E-state index in [2.05, 4.69) is 35.3 Å². The molecule has 1 aliphatic rings. The maximum absolute atomic E-state index is 10.3. The highest BCUT2D eigenvalue weighted by Crippen LogP contribution is 2.47. The van der Waals surface area contributed by atoms with Gasteiger partial charge in [0, 0.05) is 22.2 Å². The zero-order chi connectivity index (χ0) is 14.2. The Morgan fingerprint density at radius 2 is 1.67 bits per heavy atom. The van der Waals surface area contributed by atoms with E-state index >= 15 is 0 Å². The Morgan fingerprint density at radius 1 is 0.905 bits per heavy atom. The number of aliphatic hydroxyl groups is 1. The van der Waals surface area contributed by atoms with Crippen molar-refractivity contribution in [1.29, 1.82) is 0 Å². The Bertz CT molecular complexity index is 801. The fraction of sp³-hybridized carbons (Fsp3) is 0.0556. The molecule has 3 aromatic rings. The summed E-state index contributed by atoms with van der Waals surface area (Å²) in [7, 11) is 0. The van der Waals surface area contributed by atoms with Gasteiger partial charge in [0.1, 0.15) is 5.44 Å². The molecule has 4 rings (SSSR count). The van der Waals surface area contributed by atoms with Crippen LogP contribution in [0.3, 0.4) is 0 Å². The van der Waals surface area contributed by atoms with Crippen LogP contribution in [0.4, 0.5) is 0 Å². The molecule has 3 heteroatoms. The Balaban J connectivity index is 1.92. The van der Waals surface area contributed by atoms with Crippen molar-refractivity contribution in [2.75, 3.05) is 0 Å². The highest BCUT2D eigenvalue weighted by Gasteiger charge is 2.24. The second-order valence-electron chi connectivity index (χ2n) is 4.99. The highest BCUT2D eigenvalue weighted by molar-refractivity contribution is 7.99. The third-order valence-electron chi connectivity index (χ3n) is 3.69. The molecular formula is C18H13NOS. The first-order chi connectivity index (χ1) is 10.3. The Hall–Kier alpha value is -2.10. The maximum atomic E-state index is 10.3. The number of nitrogens with zero attached hydrogens (tertiary/aromatic N) is 1. The number of benzene rings is 2. The first-order valence-electron chi connectivity index (χ1n) is 6.82. The van der Waals surface area contributed by atoms with Crippen LogP contribution in [-0.4, -0.2) is 10.1 Å². The fourth-order valence-corrected chi connectivity index (χ4v) is 3.66. The van der Waals surface area contributed by atoms with Crippen molar-refractivity contribution in [2.45, 2.75) is 10.3 Å².